The minimum Gasteiger partial charge on any atom is -0.438 e. The number of thioether (sulfide) groups is 1. The van der Waals surface area contributed by atoms with Crippen LogP contribution in [0.4, 0.5) is 4.79 Å². The van der Waals surface area contributed by atoms with Crippen molar-refractivity contribution < 1.29 is 19.0 Å². The van der Waals surface area contributed by atoms with E-state index < -0.39 is 17.7 Å². The van der Waals surface area contributed by atoms with E-state index in [-0.39, 0.29) is 12.1 Å². The van der Waals surface area contributed by atoms with E-state index >= 15 is 0 Å². The first-order chi connectivity index (χ1) is 10.5. The number of methoxy groups -OCH3 is 1. The van der Waals surface area contributed by atoms with Crippen LogP contribution in [-0.2, 0) is 14.2 Å². The normalized spacial score (nSPS) is 28.4. The molecule has 2 heterocycles. The molecule has 1 aromatic rings. The molecule has 0 spiro atoms. The highest BCUT2D eigenvalue weighted by Crippen LogP contribution is 2.34. The summed E-state index contributed by atoms with van der Waals surface area (Å²) in [5.74, 6) is 0. The maximum atomic E-state index is 11.6. The van der Waals surface area contributed by atoms with Crippen molar-refractivity contribution in [3.05, 3.63) is 18.5 Å². The lowest BCUT2D eigenvalue weighted by atomic mass is 10.0. The summed E-state index contributed by atoms with van der Waals surface area (Å²) in [6, 6.07) is 1.78. The number of hydrogen-bond donors (Lipinski definition) is 0. The lowest BCUT2D eigenvalue weighted by molar-refractivity contribution is -0.116. The van der Waals surface area contributed by atoms with Crippen molar-refractivity contribution in [3.8, 4) is 0 Å². The quantitative estimate of drug-likeness (QED) is 0.612. The van der Waals surface area contributed by atoms with E-state index in [0.29, 0.717) is 5.16 Å². The maximum Gasteiger partial charge on any atom is 0.508 e. The molecule has 1 fully saturated rings. The number of ether oxygens (including phenoxy) is 3. The summed E-state index contributed by atoms with van der Waals surface area (Å²) < 4.78 is 16.0. The molecule has 22 heavy (non-hydrogen) atoms. The van der Waals surface area contributed by atoms with Crippen LogP contribution in [0.3, 0.4) is 0 Å². The van der Waals surface area contributed by atoms with Crippen LogP contribution in [0.5, 0.6) is 0 Å². The van der Waals surface area contributed by atoms with E-state index in [0.717, 1.165) is 6.42 Å². The molecule has 122 valence electrons. The second kappa shape index (κ2) is 7.75. The van der Waals surface area contributed by atoms with Gasteiger partial charge in [-0.25, -0.2) is 14.8 Å². The van der Waals surface area contributed by atoms with Crippen molar-refractivity contribution in [1.29, 1.82) is 0 Å². The van der Waals surface area contributed by atoms with Crippen LogP contribution < -0.4 is 0 Å². The summed E-state index contributed by atoms with van der Waals surface area (Å²) >= 11 is 1.35. The van der Waals surface area contributed by atoms with Crippen LogP contribution in [0, 0.1) is 0 Å². The molecule has 4 atom stereocenters. The van der Waals surface area contributed by atoms with Crippen LogP contribution in [0.15, 0.2) is 23.6 Å². The molecule has 0 amide bonds. The van der Waals surface area contributed by atoms with Gasteiger partial charge in [-0.2, -0.15) is 0 Å². The van der Waals surface area contributed by atoms with E-state index in [1.54, 1.807) is 18.5 Å². The van der Waals surface area contributed by atoms with Crippen LogP contribution in [0.1, 0.15) is 13.3 Å². The molecule has 1 aliphatic rings. The minimum atomic E-state index is -0.713. The molecule has 0 aromatic carbocycles. The van der Waals surface area contributed by atoms with Gasteiger partial charge in [0.15, 0.2) is 11.3 Å². The minimum absolute atomic E-state index is 0.0315. The van der Waals surface area contributed by atoms with Crippen molar-refractivity contribution in [2.75, 3.05) is 21.2 Å². The lowest BCUT2D eigenvalue weighted by Gasteiger charge is -2.42. The van der Waals surface area contributed by atoms with Gasteiger partial charge in [0, 0.05) is 12.4 Å². The average molecular weight is 327 g/mol. The highest BCUT2D eigenvalue weighted by atomic mass is 32.2. The van der Waals surface area contributed by atoms with Gasteiger partial charge in [-0.3, -0.25) is 0 Å². The zero-order chi connectivity index (χ0) is 16.1. The zero-order valence-electron chi connectivity index (χ0n) is 13.1. The van der Waals surface area contributed by atoms with Gasteiger partial charge in [-0.05, 0) is 33.5 Å². The van der Waals surface area contributed by atoms with Gasteiger partial charge in [0.1, 0.15) is 5.44 Å². The largest absolute Gasteiger partial charge is 0.508 e. The van der Waals surface area contributed by atoms with Crippen LogP contribution >= 0.6 is 11.8 Å². The number of hydrogen-bond acceptors (Lipinski definition) is 8. The van der Waals surface area contributed by atoms with E-state index in [1.807, 2.05) is 25.9 Å². The Bertz CT molecular complexity index is 488. The predicted molar refractivity (Wildman–Crippen MR) is 81.6 cm³/mol. The highest BCUT2D eigenvalue weighted by Gasteiger charge is 2.42. The van der Waals surface area contributed by atoms with Crippen molar-refractivity contribution in [2.45, 2.75) is 42.2 Å². The van der Waals surface area contributed by atoms with Crippen molar-refractivity contribution in [3.63, 3.8) is 0 Å². The molecule has 1 aliphatic heterocycles. The third-order valence-corrected chi connectivity index (χ3v) is 4.45. The molecule has 0 bridgehead atoms. The van der Waals surface area contributed by atoms with Crippen LogP contribution in [0.25, 0.3) is 0 Å². The van der Waals surface area contributed by atoms with Crippen LogP contribution in [-0.4, -0.2) is 65.9 Å². The molecule has 0 N–H and O–H groups in total. The fourth-order valence-electron chi connectivity index (χ4n) is 2.36. The molecule has 8 heteroatoms. The molecule has 0 aliphatic carbocycles. The Morgan fingerprint density at radius 3 is 2.68 bits per heavy atom. The molecule has 3 unspecified atom stereocenters. The summed E-state index contributed by atoms with van der Waals surface area (Å²) in [4.78, 5) is 22.0. The third-order valence-electron chi connectivity index (χ3n) is 3.41. The molecule has 0 radical (unpaired) electrons. The van der Waals surface area contributed by atoms with E-state index in [9.17, 15) is 4.79 Å². The van der Waals surface area contributed by atoms with Gasteiger partial charge in [0.05, 0.1) is 19.3 Å². The summed E-state index contributed by atoms with van der Waals surface area (Å²) in [7, 11) is 5.20. The van der Waals surface area contributed by atoms with E-state index in [1.165, 1.54) is 18.9 Å². The second-order valence-electron chi connectivity index (χ2n) is 5.27. The van der Waals surface area contributed by atoms with Gasteiger partial charge in [0.25, 0.3) is 0 Å². The molecule has 0 saturated carbocycles. The molecule has 1 aromatic heterocycles. The number of likely N-dealkylation sites (N-methyl/N-ethyl adjacent to an activating group) is 1. The number of rotatable bonds is 4. The van der Waals surface area contributed by atoms with Crippen molar-refractivity contribution >= 4 is 17.9 Å². The van der Waals surface area contributed by atoms with Crippen molar-refractivity contribution in [2.24, 2.45) is 0 Å². The number of nitrogens with zero attached hydrogens (tertiary/aromatic N) is 3. The molecular weight excluding hydrogens is 306 g/mol. The van der Waals surface area contributed by atoms with Gasteiger partial charge in [0.2, 0.25) is 0 Å². The van der Waals surface area contributed by atoms with Crippen LogP contribution in [0.2, 0.25) is 0 Å². The Balaban J connectivity index is 2.19. The predicted octanol–water partition coefficient (Wildman–Crippen LogP) is 1.79. The Morgan fingerprint density at radius 2 is 2.09 bits per heavy atom. The number of carbonyl (C=O) groups excluding carboxylic acids is 1. The fraction of sp³-hybridized carbons (Fsp3) is 0.643. The smallest absolute Gasteiger partial charge is 0.438 e. The molecule has 2 rings (SSSR count). The van der Waals surface area contributed by atoms with Crippen molar-refractivity contribution in [1.82, 2.24) is 14.9 Å². The standard InChI is InChI=1S/C14H21N3O4S/c1-9-8-10(17(2)3)11(21-14(18)19-4)12(20-9)22-13-15-6-5-7-16-13/h5-7,9-12H,8H2,1-4H3/t9?,10?,11?,12-/m0/s1. The van der Waals surface area contributed by atoms with Gasteiger partial charge >= 0.3 is 6.16 Å². The Morgan fingerprint density at radius 1 is 1.41 bits per heavy atom. The number of carbonyl (C=O) groups is 1. The summed E-state index contributed by atoms with van der Waals surface area (Å²) in [5, 5.41) is 0.581. The van der Waals surface area contributed by atoms with E-state index in [4.69, 9.17) is 9.47 Å². The third kappa shape index (κ3) is 4.31. The zero-order valence-corrected chi connectivity index (χ0v) is 13.9. The Labute approximate surface area is 134 Å². The molecule has 7 nitrogen and oxygen atoms in total. The summed E-state index contributed by atoms with van der Waals surface area (Å²) in [6.45, 7) is 2.00. The SMILES string of the molecule is COC(=O)OC1C(N(C)C)CC(C)O[C@H]1Sc1ncccn1. The number of aromatic nitrogens is 2. The van der Waals surface area contributed by atoms with Gasteiger partial charge < -0.3 is 19.1 Å². The first-order valence-electron chi connectivity index (χ1n) is 7.01. The van der Waals surface area contributed by atoms with Gasteiger partial charge in [-0.1, -0.05) is 11.8 Å². The summed E-state index contributed by atoms with van der Waals surface area (Å²) in [6.07, 6.45) is 2.97. The monoisotopic (exact) mass is 327 g/mol. The second-order valence-corrected chi connectivity index (χ2v) is 6.33. The topological polar surface area (TPSA) is 73.8 Å². The fourth-order valence-corrected chi connectivity index (χ4v) is 3.43. The Kier molecular flexibility index (Phi) is 5.98. The Hall–Kier alpha value is -1.38. The molecular formula is C14H21N3O4S. The first-order valence-corrected chi connectivity index (χ1v) is 7.89. The highest BCUT2D eigenvalue weighted by molar-refractivity contribution is 7.99. The van der Waals surface area contributed by atoms with E-state index in [2.05, 4.69) is 14.7 Å². The molecule has 1 saturated heterocycles. The average Bonchev–Trinajstić information content (AvgIpc) is 2.50. The maximum absolute atomic E-state index is 11.6. The lowest BCUT2D eigenvalue weighted by Crippen LogP contribution is -2.54. The first kappa shape index (κ1) is 17.0. The van der Waals surface area contributed by atoms with Gasteiger partial charge in [-0.15, -0.1) is 0 Å². The summed E-state index contributed by atoms with van der Waals surface area (Å²) in [5.41, 5.74) is -0.391.